The molecule has 0 fully saturated rings. The molecule has 0 amide bonds. The summed E-state index contributed by atoms with van der Waals surface area (Å²) in [6.45, 7) is 1.94. The fourth-order valence-electron chi connectivity index (χ4n) is 2.44. The van der Waals surface area contributed by atoms with Gasteiger partial charge in [-0.05, 0) is 55.0 Å². The number of fused-ring (bicyclic) bond motifs is 1. The van der Waals surface area contributed by atoms with Gasteiger partial charge in [0.05, 0.1) is 5.56 Å². The molecule has 0 aliphatic rings. The summed E-state index contributed by atoms with van der Waals surface area (Å²) in [5.74, 6) is 0.813. The van der Waals surface area contributed by atoms with E-state index in [0.717, 1.165) is 28.8 Å². The van der Waals surface area contributed by atoms with Crippen molar-refractivity contribution in [3.8, 4) is 11.5 Å². The number of benzene rings is 2. The van der Waals surface area contributed by atoms with Gasteiger partial charge in [0.15, 0.2) is 5.75 Å². The lowest BCUT2D eigenvalue weighted by Gasteiger charge is -2.13. The van der Waals surface area contributed by atoms with Crippen molar-refractivity contribution in [1.29, 1.82) is 0 Å². The summed E-state index contributed by atoms with van der Waals surface area (Å²) in [4.78, 5) is 4.40. The van der Waals surface area contributed by atoms with Crippen molar-refractivity contribution in [2.45, 2.75) is 13.1 Å². The number of rotatable bonds is 3. The third kappa shape index (κ3) is 3.13. The molecule has 124 valence electrons. The number of pyridine rings is 1. The van der Waals surface area contributed by atoms with Gasteiger partial charge in [0.2, 0.25) is 0 Å². The first-order chi connectivity index (χ1) is 11.4. The molecule has 2 aromatic carbocycles. The maximum atomic E-state index is 12.6. The Bertz CT molecular complexity index is 874. The van der Waals surface area contributed by atoms with Crippen molar-refractivity contribution in [2.75, 3.05) is 12.4 Å². The normalized spacial score (nSPS) is 11.5. The molecule has 3 rings (SSSR count). The fraction of sp³-hybridized carbons (Fsp3) is 0.167. The van der Waals surface area contributed by atoms with Crippen LogP contribution >= 0.6 is 0 Å². The second-order valence-electron chi connectivity index (χ2n) is 5.39. The van der Waals surface area contributed by atoms with E-state index in [-0.39, 0.29) is 0 Å². The van der Waals surface area contributed by atoms with Gasteiger partial charge in [-0.25, -0.2) is 0 Å². The smallest absolute Gasteiger partial charge is 0.416 e. The number of aromatic nitrogens is 1. The van der Waals surface area contributed by atoms with Gasteiger partial charge < -0.3 is 10.1 Å². The van der Waals surface area contributed by atoms with E-state index in [2.05, 4.69) is 10.3 Å². The minimum absolute atomic E-state index is 0.323. The molecule has 0 atom stereocenters. The fourth-order valence-corrected chi connectivity index (χ4v) is 2.44. The van der Waals surface area contributed by atoms with Crippen molar-refractivity contribution < 1.29 is 17.9 Å². The maximum Gasteiger partial charge on any atom is 0.416 e. The second-order valence-corrected chi connectivity index (χ2v) is 5.39. The summed E-state index contributed by atoms with van der Waals surface area (Å²) >= 11 is 0. The van der Waals surface area contributed by atoms with E-state index in [9.17, 15) is 13.2 Å². The van der Waals surface area contributed by atoms with Crippen molar-refractivity contribution in [3.63, 3.8) is 0 Å². The molecule has 1 aromatic heterocycles. The number of halogens is 3. The van der Waals surface area contributed by atoms with Gasteiger partial charge in [-0.15, -0.1) is 0 Å². The van der Waals surface area contributed by atoms with Crippen LogP contribution in [0.3, 0.4) is 0 Å². The van der Waals surface area contributed by atoms with E-state index in [1.54, 1.807) is 12.3 Å². The van der Waals surface area contributed by atoms with Crippen LogP contribution < -0.4 is 10.1 Å². The van der Waals surface area contributed by atoms with Crippen LogP contribution in [0.15, 0.2) is 48.7 Å². The zero-order valence-electron chi connectivity index (χ0n) is 13.1. The van der Waals surface area contributed by atoms with E-state index >= 15 is 0 Å². The minimum Gasteiger partial charge on any atom is -0.455 e. The molecule has 0 radical (unpaired) electrons. The monoisotopic (exact) mass is 332 g/mol. The van der Waals surface area contributed by atoms with Gasteiger partial charge in [-0.2, -0.15) is 13.2 Å². The van der Waals surface area contributed by atoms with Gasteiger partial charge in [0, 0.05) is 24.3 Å². The summed E-state index contributed by atoms with van der Waals surface area (Å²) in [6.07, 6.45) is -2.64. The van der Waals surface area contributed by atoms with Gasteiger partial charge in [-0.1, -0.05) is 0 Å². The summed E-state index contributed by atoms with van der Waals surface area (Å²) in [5.41, 5.74) is 1.85. The molecule has 3 nitrogen and oxygen atoms in total. The lowest BCUT2D eigenvalue weighted by molar-refractivity contribution is -0.137. The van der Waals surface area contributed by atoms with Gasteiger partial charge in [-0.3, -0.25) is 4.98 Å². The highest BCUT2D eigenvalue weighted by molar-refractivity contribution is 5.95. The highest BCUT2D eigenvalue weighted by atomic mass is 19.4. The van der Waals surface area contributed by atoms with Crippen LogP contribution in [-0.4, -0.2) is 12.0 Å². The zero-order chi connectivity index (χ0) is 17.3. The van der Waals surface area contributed by atoms with E-state index in [0.29, 0.717) is 17.0 Å². The second kappa shape index (κ2) is 6.03. The Kier molecular flexibility index (Phi) is 4.05. The Labute approximate surface area is 137 Å². The lowest BCUT2D eigenvalue weighted by atomic mass is 10.1. The summed E-state index contributed by atoms with van der Waals surface area (Å²) < 4.78 is 43.6. The number of ether oxygens (including phenoxy) is 1. The molecule has 0 saturated carbocycles. The molecule has 1 heterocycles. The number of hydrogen-bond donors (Lipinski definition) is 1. The van der Waals surface area contributed by atoms with Crippen LogP contribution in [0.4, 0.5) is 18.9 Å². The third-order valence-corrected chi connectivity index (χ3v) is 3.63. The number of alkyl halides is 3. The number of nitrogens with zero attached hydrogens (tertiary/aromatic N) is 1. The van der Waals surface area contributed by atoms with Crippen molar-refractivity contribution in [2.24, 2.45) is 0 Å². The van der Waals surface area contributed by atoms with E-state index in [1.165, 1.54) is 12.1 Å². The van der Waals surface area contributed by atoms with Crippen molar-refractivity contribution >= 4 is 16.6 Å². The van der Waals surface area contributed by atoms with Crippen LogP contribution in [0.5, 0.6) is 11.5 Å². The Morgan fingerprint density at radius 2 is 1.75 bits per heavy atom. The standard InChI is InChI=1S/C18H15F3N2O/c1-11-9-14-15(22-2)7-8-16(17(14)23-10-11)24-13-5-3-12(4-6-13)18(19,20)21/h3-10,22H,1-2H3. The summed E-state index contributed by atoms with van der Waals surface area (Å²) in [6, 6.07) is 10.2. The molecule has 0 bridgehead atoms. The Hall–Kier alpha value is -2.76. The van der Waals surface area contributed by atoms with Crippen LogP contribution in [-0.2, 0) is 6.18 Å². The maximum absolute atomic E-state index is 12.6. The third-order valence-electron chi connectivity index (χ3n) is 3.63. The quantitative estimate of drug-likeness (QED) is 0.697. The van der Waals surface area contributed by atoms with Crippen LogP contribution in [0.1, 0.15) is 11.1 Å². The van der Waals surface area contributed by atoms with E-state index < -0.39 is 11.7 Å². The highest BCUT2D eigenvalue weighted by Gasteiger charge is 2.30. The van der Waals surface area contributed by atoms with Crippen LogP contribution in [0.25, 0.3) is 10.9 Å². The minimum atomic E-state index is -4.36. The largest absolute Gasteiger partial charge is 0.455 e. The molecule has 24 heavy (non-hydrogen) atoms. The molecule has 0 unspecified atom stereocenters. The average Bonchev–Trinajstić information content (AvgIpc) is 2.54. The molecular weight excluding hydrogens is 317 g/mol. The molecule has 0 aliphatic heterocycles. The number of anilines is 1. The Morgan fingerprint density at radius 1 is 1.04 bits per heavy atom. The van der Waals surface area contributed by atoms with Crippen molar-refractivity contribution in [1.82, 2.24) is 4.98 Å². The van der Waals surface area contributed by atoms with Crippen LogP contribution in [0, 0.1) is 6.92 Å². The molecule has 0 spiro atoms. The predicted octanol–water partition coefficient (Wildman–Crippen LogP) is 5.40. The molecule has 3 aromatic rings. The number of nitrogens with one attached hydrogen (secondary N) is 1. The Morgan fingerprint density at radius 3 is 2.38 bits per heavy atom. The highest BCUT2D eigenvalue weighted by Crippen LogP contribution is 2.35. The predicted molar refractivity (Wildman–Crippen MR) is 87.5 cm³/mol. The molecule has 0 aliphatic carbocycles. The van der Waals surface area contributed by atoms with Gasteiger partial charge in [0.25, 0.3) is 0 Å². The molecule has 1 N–H and O–H groups in total. The van der Waals surface area contributed by atoms with Gasteiger partial charge >= 0.3 is 6.18 Å². The van der Waals surface area contributed by atoms with E-state index in [4.69, 9.17) is 4.74 Å². The summed E-state index contributed by atoms with van der Waals surface area (Å²) in [5, 5.41) is 3.98. The topological polar surface area (TPSA) is 34.1 Å². The van der Waals surface area contributed by atoms with Crippen molar-refractivity contribution in [3.05, 3.63) is 59.8 Å². The molecule has 6 heteroatoms. The molecule has 0 saturated heterocycles. The zero-order valence-corrected chi connectivity index (χ0v) is 13.1. The average molecular weight is 332 g/mol. The lowest BCUT2D eigenvalue weighted by Crippen LogP contribution is -2.04. The summed E-state index contributed by atoms with van der Waals surface area (Å²) in [7, 11) is 1.81. The number of hydrogen-bond acceptors (Lipinski definition) is 3. The van der Waals surface area contributed by atoms with Crippen LogP contribution in [0.2, 0.25) is 0 Å². The first kappa shape index (κ1) is 16.1. The SMILES string of the molecule is CNc1ccc(Oc2ccc(C(F)(F)F)cc2)c2ncc(C)cc12. The van der Waals surface area contributed by atoms with Gasteiger partial charge in [0.1, 0.15) is 11.3 Å². The number of aryl methyl sites for hydroxylation is 1. The molecular formula is C18H15F3N2O. The first-order valence-corrected chi connectivity index (χ1v) is 7.31. The Balaban J connectivity index is 1.99. The first-order valence-electron chi connectivity index (χ1n) is 7.31. The van der Waals surface area contributed by atoms with E-state index in [1.807, 2.05) is 26.1 Å².